The first-order valence-corrected chi connectivity index (χ1v) is 10.3. The van der Waals surface area contributed by atoms with E-state index in [1.165, 1.54) is 0 Å². The number of aromatic nitrogens is 1. The molecule has 0 atom stereocenters. The number of pyridine rings is 1. The van der Waals surface area contributed by atoms with E-state index in [2.05, 4.69) is 4.98 Å². The van der Waals surface area contributed by atoms with Crippen LogP contribution < -0.4 is 9.47 Å². The minimum atomic E-state index is -0.163. The molecule has 0 aliphatic rings. The van der Waals surface area contributed by atoms with Crippen LogP contribution >= 0.6 is 0 Å². The Balaban J connectivity index is 1.75. The average molecular weight is 434 g/mol. The minimum Gasteiger partial charge on any atom is -0.507 e. The van der Waals surface area contributed by atoms with Crippen molar-refractivity contribution in [2.45, 2.75) is 40.7 Å². The number of phenols is 1. The van der Waals surface area contributed by atoms with Crippen LogP contribution in [0, 0.1) is 12.3 Å². The number of phenolic OH excluding ortho intramolecular Hbond substituents is 1. The Hall–Kier alpha value is -3.67. The number of aromatic hydroxyl groups is 1. The van der Waals surface area contributed by atoms with Gasteiger partial charge in [-0.3, -0.25) is 14.6 Å². The Morgan fingerprint density at radius 1 is 1.09 bits per heavy atom. The minimum absolute atomic E-state index is 0.0457. The van der Waals surface area contributed by atoms with Crippen molar-refractivity contribution in [2.24, 2.45) is 5.41 Å². The van der Waals surface area contributed by atoms with E-state index in [9.17, 15) is 14.7 Å². The molecular weight excluding hydrogens is 406 g/mol. The third kappa shape index (κ3) is 5.72. The lowest BCUT2D eigenvalue weighted by Crippen LogP contribution is -2.13. The van der Waals surface area contributed by atoms with E-state index >= 15 is 0 Å². The van der Waals surface area contributed by atoms with Gasteiger partial charge in [0.1, 0.15) is 23.9 Å². The van der Waals surface area contributed by atoms with Crippen LogP contribution in [0.3, 0.4) is 0 Å². The number of hydrogen-bond donors (Lipinski definition) is 1. The van der Waals surface area contributed by atoms with Crippen molar-refractivity contribution < 1.29 is 24.2 Å². The van der Waals surface area contributed by atoms with Gasteiger partial charge in [0.15, 0.2) is 5.78 Å². The fraction of sp³-hybridized carbons (Fsp3) is 0.269. The van der Waals surface area contributed by atoms with Crippen molar-refractivity contribution in [3.8, 4) is 28.4 Å². The first kappa shape index (κ1) is 23.0. The lowest BCUT2D eigenvalue weighted by molar-refractivity contribution is -0.120. The maximum atomic E-state index is 12.5. The van der Waals surface area contributed by atoms with Crippen LogP contribution in [0.5, 0.6) is 17.2 Å². The molecule has 0 saturated heterocycles. The van der Waals surface area contributed by atoms with E-state index < -0.39 is 0 Å². The Morgan fingerprint density at radius 2 is 1.88 bits per heavy atom. The summed E-state index contributed by atoms with van der Waals surface area (Å²) in [5.74, 6) is 0.811. The molecular formula is C26H27NO5. The summed E-state index contributed by atoms with van der Waals surface area (Å²) in [4.78, 5) is 27.4. The number of ether oxygens (including phenoxy) is 2. The quantitative estimate of drug-likeness (QED) is 0.373. The fourth-order valence-corrected chi connectivity index (χ4v) is 3.33. The fourth-order valence-electron chi connectivity index (χ4n) is 3.33. The summed E-state index contributed by atoms with van der Waals surface area (Å²) in [7, 11) is 0. The lowest BCUT2D eigenvalue weighted by Gasteiger charge is -2.18. The summed E-state index contributed by atoms with van der Waals surface area (Å²) in [5.41, 5.74) is 3.21. The molecule has 3 aromatic rings. The second-order valence-electron chi connectivity index (χ2n) is 8.86. The zero-order chi connectivity index (χ0) is 23.3. The van der Waals surface area contributed by atoms with Gasteiger partial charge < -0.3 is 14.6 Å². The van der Waals surface area contributed by atoms with E-state index in [4.69, 9.17) is 9.47 Å². The van der Waals surface area contributed by atoms with Crippen LogP contribution in [0.4, 0.5) is 0 Å². The molecule has 0 radical (unpaired) electrons. The van der Waals surface area contributed by atoms with Crippen molar-refractivity contribution in [3.05, 3.63) is 71.5 Å². The van der Waals surface area contributed by atoms with Gasteiger partial charge in [-0.15, -0.1) is 0 Å². The van der Waals surface area contributed by atoms with Crippen LogP contribution in [-0.2, 0) is 11.4 Å². The van der Waals surface area contributed by atoms with Gasteiger partial charge in [0, 0.05) is 35.5 Å². The Bertz CT molecular complexity index is 1130. The van der Waals surface area contributed by atoms with Gasteiger partial charge in [-0.05, 0) is 48.2 Å². The molecule has 0 aliphatic heterocycles. The van der Waals surface area contributed by atoms with Gasteiger partial charge in [0.2, 0.25) is 0 Å². The van der Waals surface area contributed by atoms with Crippen molar-refractivity contribution >= 4 is 12.3 Å². The molecule has 1 aromatic heterocycles. The predicted molar refractivity (Wildman–Crippen MR) is 122 cm³/mol. The van der Waals surface area contributed by atoms with Gasteiger partial charge in [0.25, 0.3) is 6.47 Å². The van der Waals surface area contributed by atoms with E-state index in [1.54, 1.807) is 49.6 Å². The van der Waals surface area contributed by atoms with Crippen molar-refractivity contribution in [2.75, 3.05) is 0 Å². The summed E-state index contributed by atoms with van der Waals surface area (Å²) in [6, 6.07) is 12.4. The van der Waals surface area contributed by atoms with Gasteiger partial charge in [-0.2, -0.15) is 0 Å². The molecule has 0 saturated carbocycles. The average Bonchev–Trinajstić information content (AvgIpc) is 2.74. The van der Waals surface area contributed by atoms with Gasteiger partial charge >= 0.3 is 0 Å². The number of nitrogens with zero attached hydrogens (tertiary/aromatic N) is 1. The van der Waals surface area contributed by atoms with Crippen LogP contribution in [0.2, 0.25) is 0 Å². The van der Waals surface area contributed by atoms with E-state index in [-0.39, 0.29) is 23.6 Å². The third-order valence-electron chi connectivity index (χ3n) is 4.91. The second kappa shape index (κ2) is 9.64. The summed E-state index contributed by atoms with van der Waals surface area (Å²) in [6.45, 7) is 8.31. The highest BCUT2D eigenvalue weighted by atomic mass is 16.5. The molecule has 0 aliphatic carbocycles. The Kier molecular flexibility index (Phi) is 6.93. The van der Waals surface area contributed by atoms with Gasteiger partial charge in [-0.1, -0.05) is 32.9 Å². The van der Waals surface area contributed by atoms with Gasteiger partial charge in [-0.25, -0.2) is 0 Å². The smallest absolute Gasteiger partial charge is 0.298 e. The number of rotatable bonds is 8. The zero-order valence-electron chi connectivity index (χ0n) is 18.7. The summed E-state index contributed by atoms with van der Waals surface area (Å²) in [6.07, 6.45) is 3.76. The molecule has 0 bridgehead atoms. The van der Waals surface area contributed by atoms with E-state index in [0.29, 0.717) is 35.5 Å². The highest BCUT2D eigenvalue weighted by molar-refractivity contribution is 5.99. The number of carbonyl (C=O) groups excluding carboxylic acids is 2. The highest BCUT2D eigenvalue weighted by Gasteiger charge is 2.21. The maximum absolute atomic E-state index is 12.5. The predicted octanol–water partition coefficient (Wildman–Crippen LogP) is 5.50. The molecule has 0 fully saturated rings. The molecule has 166 valence electrons. The molecule has 6 heteroatoms. The lowest BCUT2D eigenvalue weighted by atomic mass is 9.87. The number of ketones is 1. The van der Waals surface area contributed by atoms with Crippen LogP contribution in [0.25, 0.3) is 11.1 Å². The first-order valence-electron chi connectivity index (χ1n) is 10.3. The van der Waals surface area contributed by atoms with Crippen LogP contribution in [0.1, 0.15) is 48.7 Å². The van der Waals surface area contributed by atoms with E-state index in [1.807, 2.05) is 32.9 Å². The topological polar surface area (TPSA) is 85.7 Å². The number of hydrogen-bond acceptors (Lipinski definition) is 6. The SMILES string of the molecule is Cc1c(OCc2cncc(-c3cccc(OC=O)c3)c2)ccc(C(=O)CC(C)(C)C)c1O. The standard InChI is InChI=1S/C26H27NO5/c1-17-24(9-8-22(25(17)30)23(29)12-26(2,3)4)31-15-18-10-20(14-27-13-18)19-6-5-7-21(11-19)32-16-28/h5-11,13-14,16,30H,12,15H2,1-4H3. The van der Waals surface area contributed by atoms with Crippen molar-refractivity contribution in [3.63, 3.8) is 0 Å². The highest BCUT2D eigenvalue weighted by Crippen LogP contribution is 2.33. The molecule has 32 heavy (non-hydrogen) atoms. The maximum Gasteiger partial charge on any atom is 0.298 e. The van der Waals surface area contributed by atoms with Crippen LogP contribution in [-0.4, -0.2) is 22.3 Å². The van der Waals surface area contributed by atoms with Gasteiger partial charge in [0.05, 0.1) is 5.56 Å². The normalized spacial score (nSPS) is 11.1. The first-order chi connectivity index (χ1) is 15.2. The summed E-state index contributed by atoms with van der Waals surface area (Å²) < 4.78 is 10.8. The molecule has 2 aromatic carbocycles. The second-order valence-corrected chi connectivity index (χ2v) is 8.86. The van der Waals surface area contributed by atoms with Crippen molar-refractivity contribution in [1.29, 1.82) is 0 Å². The number of Topliss-reactive ketones (excluding diaryl/α,β-unsaturated/α-hetero) is 1. The molecule has 1 N–H and O–H groups in total. The zero-order valence-corrected chi connectivity index (χ0v) is 18.7. The third-order valence-corrected chi connectivity index (χ3v) is 4.91. The molecule has 6 nitrogen and oxygen atoms in total. The number of benzene rings is 2. The number of carbonyl (C=O) groups is 2. The molecule has 3 rings (SSSR count). The Labute approximate surface area is 187 Å². The summed E-state index contributed by atoms with van der Waals surface area (Å²) in [5, 5.41) is 10.6. The van der Waals surface area contributed by atoms with Crippen molar-refractivity contribution in [1.82, 2.24) is 4.98 Å². The summed E-state index contributed by atoms with van der Waals surface area (Å²) >= 11 is 0. The Morgan fingerprint density at radius 3 is 2.59 bits per heavy atom. The monoisotopic (exact) mass is 433 g/mol. The molecule has 1 heterocycles. The van der Waals surface area contributed by atoms with E-state index in [0.717, 1.165) is 16.7 Å². The molecule has 0 spiro atoms. The largest absolute Gasteiger partial charge is 0.507 e. The molecule has 0 unspecified atom stereocenters. The van der Waals surface area contributed by atoms with Crippen LogP contribution in [0.15, 0.2) is 54.9 Å². The molecule has 0 amide bonds.